The number of halogens is 1. The number of benzene rings is 2. The maximum Gasteiger partial charge on any atom is 0.341 e. The number of hydrogen-bond donors (Lipinski definition) is 2. The number of nitrogens with zero attached hydrogens (tertiary/aromatic N) is 1. The van der Waals surface area contributed by atoms with Gasteiger partial charge in [-0.05, 0) is 55.3 Å². The molecule has 3 amide bonds. The van der Waals surface area contributed by atoms with Gasteiger partial charge in [0.25, 0.3) is 5.91 Å². The molecule has 2 aromatic carbocycles. The average molecular weight is 572 g/mol. The lowest BCUT2D eigenvalue weighted by Gasteiger charge is -2.25. The summed E-state index contributed by atoms with van der Waals surface area (Å²) in [4.78, 5) is 53.5. The molecule has 0 saturated carbocycles. The Bertz CT molecular complexity index is 1410. The molecule has 0 radical (unpaired) electrons. The molecule has 11 heteroatoms. The topological polar surface area (TPSA) is 105 Å². The average Bonchev–Trinajstić information content (AvgIpc) is 3.25. The zero-order chi connectivity index (χ0) is 27.4. The number of rotatable bonds is 7. The first-order valence-electron chi connectivity index (χ1n) is 11.8. The van der Waals surface area contributed by atoms with Gasteiger partial charge in [0.15, 0.2) is 0 Å². The van der Waals surface area contributed by atoms with Crippen molar-refractivity contribution >= 4 is 69.1 Å². The Kier molecular flexibility index (Phi) is 8.76. The number of thioether (sulfide) groups is 1. The number of amides is 3. The number of esters is 1. The number of nitrogens with one attached hydrogen (secondary N) is 2. The lowest BCUT2D eigenvalue weighted by atomic mass is 10.0. The van der Waals surface area contributed by atoms with E-state index in [2.05, 4.69) is 10.6 Å². The zero-order valence-electron chi connectivity index (χ0n) is 21.0. The lowest BCUT2D eigenvalue weighted by Crippen LogP contribution is -2.33. The normalized spacial score (nSPS) is 13.3. The Morgan fingerprint density at radius 2 is 1.87 bits per heavy atom. The first-order valence-corrected chi connectivity index (χ1v) is 13.9. The van der Waals surface area contributed by atoms with Crippen molar-refractivity contribution in [3.63, 3.8) is 0 Å². The molecule has 0 aliphatic carbocycles. The Labute approximate surface area is 233 Å². The second-order valence-corrected chi connectivity index (χ2v) is 11.6. The molecule has 2 heterocycles. The van der Waals surface area contributed by atoms with Crippen LogP contribution in [0.5, 0.6) is 0 Å². The van der Waals surface area contributed by atoms with Gasteiger partial charge in [0.2, 0.25) is 11.8 Å². The van der Waals surface area contributed by atoms with Gasteiger partial charge in [0, 0.05) is 39.5 Å². The molecule has 1 aliphatic rings. The summed E-state index contributed by atoms with van der Waals surface area (Å²) in [6, 6.07) is 13.9. The van der Waals surface area contributed by atoms with E-state index in [0.29, 0.717) is 46.3 Å². The molecule has 0 saturated heterocycles. The van der Waals surface area contributed by atoms with Crippen molar-refractivity contribution in [2.75, 3.05) is 24.3 Å². The molecule has 38 heavy (non-hydrogen) atoms. The number of anilines is 2. The third-order valence-electron chi connectivity index (χ3n) is 5.99. The molecule has 3 aromatic rings. The molecule has 1 unspecified atom stereocenters. The van der Waals surface area contributed by atoms with Gasteiger partial charge in [-0.2, -0.15) is 0 Å². The number of carbonyl (C=O) groups excluding carboxylic acids is 4. The molecule has 2 N–H and O–H groups in total. The number of thiophene rings is 1. The quantitative estimate of drug-likeness (QED) is 0.288. The van der Waals surface area contributed by atoms with Gasteiger partial charge in [0.05, 0.1) is 24.5 Å². The van der Waals surface area contributed by atoms with Crippen LogP contribution in [0.25, 0.3) is 0 Å². The molecule has 0 bridgehead atoms. The van der Waals surface area contributed by atoms with Crippen molar-refractivity contribution in [3.8, 4) is 0 Å². The summed E-state index contributed by atoms with van der Waals surface area (Å²) in [6.07, 6.45) is 0.518. The second kappa shape index (κ2) is 12.0. The van der Waals surface area contributed by atoms with Crippen molar-refractivity contribution in [3.05, 3.63) is 75.1 Å². The predicted octanol–water partition coefficient (Wildman–Crippen LogP) is 5.46. The van der Waals surface area contributed by atoms with E-state index in [1.165, 1.54) is 37.1 Å². The highest BCUT2D eigenvalue weighted by atomic mass is 35.5. The first kappa shape index (κ1) is 27.7. The van der Waals surface area contributed by atoms with Crippen LogP contribution in [0.3, 0.4) is 0 Å². The molecular weight excluding hydrogens is 546 g/mol. The van der Waals surface area contributed by atoms with Crippen LogP contribution in [0.1, 0.15) is 45.0 Å². The fourth-order valence-corrected chi connectivity index (χ4v) is 6.40. The van der Waals surface area contributed by atoms with E-state index in [4.69, 9.17) is 16.3 Å². The smallest absolute Gasteiger partial charge is 0.341 e. The minimum atomic E-state index is -0.516. The van der Waals surface area contributed by atoms with E-state index in [1.807, 2.05) is 6.07 Å². The molecule has 1 aliphatic heterocycles. The highest BCUT2D eigenvalue weighted by molar-refractivity contribution is 8.00. The second-order valence-electron chi connectivity index (χ2n) is 8.63. The molecule has 8 nitrogen and oxygen atoms in total. The Hall–Kier alpha value is -3.34. The predicted molar refractivity (Wildman–Crippen MR) is 150 cm³/mol. The van der Waals surface area contributed by atoms with Crippen molar-refractivity contribution in [1.29, 1.82) is 0 Å². The summed E-state index contributed by atoms with van der Waals surface area (Å²) in [6.45, 7) is 4.18. The first-order chi connectivity index (χ1) is 18.2. The summed E-state index contributed by atoms with van der Waals surface area (Å²) in [5.41, 5.74) is 2.20. The Morgan fingerprint density at radius 1 is 1.11 bits per heavy atom. The van der Waals surface area contributed by atoms with Crippen LogP contribution < -0.4 is 10.6 Å². The van der Waals surface area contributed by atoms with Crippen molar-refractivity contribution < 1.29 is 23.9 Å². The summed E-state index contributed by atoms with van der Waals surface area (Å²) in [5.74, 6) is -1.13. The third-order valence-corrected chi connectivity index (χ3v) is 8.45. The van der Waals surface area contributed by atoms with Gasteiger partial charge >= 0.3 is 5.97 Å². The van der Waals surface area contributed by atoms with Crippen LogP contribution in [-0.4, -0.2) is 47.5 Å². The molecule has 4 rings (SSSR count). The zero-order valence-corrected chi connectivity index (χ0v) is 23.4. The molecule has 1 atom stereocenters. The van der Waals surface area contributed by atoms with Crippen LogP contribution in [0.15, 0.2) is 53.4 Å². The number of fused-ring (bicyclic) bond motifs is 1. The molecule has 0 fully saturated rings. The van der Waals surface area contributed by atoms with Crippen LogP contribution in [0.4, 0.5) is 10.7 Å². The van der Waals surface area contributed by atoms with E-state index in [1.54, 1.807) is 54.3 Å². The summed E-state index contributed by atoms with van der Waals surface area (Å²) >= 11 is 8.60. The van der Waals surface area contributed by atoms with Crippen molar-refractivity contribution in [1.82, 2.24) is 4.90 Å². The highest BCUT2D eigenvalue weighted by Crippen LogP contribution is 2.38. The Balaban J connectivity index is 1.45. The van der Waals surface area contributed by atoms with Gasteiger partial charge in [-0.3, -0.25) is 14.4 Å². The van der Waals surface area contributed by atoms with Crippen LogP contribution in [0, 0.1) is 0 Å². The van der Waals surface area contributed by atoms with E-state index < -0.39 is 11.2 Å². The largest absolute Gasteiger partial charge is 0.465 e. The molecule has 198 valence electrons. The molecule has 1 aromatic heterocycles. The van der Waals surface area contributed by atoms with Crippen LogP contribution >= 0.6 is 34.7 Å². The highest BCUT2D eigenvalue weighted by Gasteiger charge is 2.30. The third kappa shape index (κ3) is 6.38. The summed E-state index contributed by atoms with van der Waals surface area (Å²) in [5, 5.41) is 6.13. The fourth-order valence-electron chi connectivity index (χ4n) is 4.03. The number of hydrogen-bond acceptors (Lipinski definition) is 7. The maximum atomic E-state index is 13.1. The molecular formula is C27H26ClN3O5S2. The van der Waals surface area contributed by atoms with E-state index in [0.717, 1.165) is 15.3 Å². The maximum absolute atomic E-state index is 13.1. The standard InChI is InChI=1S/C27H26ClN3O5S2/c1-15(37-20-9-5-8-19(13-20)29-25(34)17-6-4-7-18(28)12-17)24(33)30-26-23(27(35)36-3)21-10-11-31(16(2)32)14-22(21)38-26/h4-9,12-13,15H,10-11,14H2,1-3H3,(H,29,34)(H,30,33). The van der Waals surface area contributed by atoms with E-state index in [-0.39, 0.29) is 17.7 Å². The van der Waals surface area contributed by atoms with Crippen LogP contribution in [-0.2, 0) is 27.3 Å². The van der Waals surface area contributed by atoms with E-state index >= 15 is 0 Å². The summed E-state index contributed by atoms with van der Waals surface area (Å²) < 4.78 is 4.99. The number of methoxy groups -OCH3 is 1. The number of carbonyl (C=O) groups is 4. The van der Waals surface area contributed by atoms with Gasteiger partial charge in [-0.25, -0.2) is 4.79 Å². The Morgan fingerprint density at radius 3 is 2.58 bits per heavy atom. The van der Waals surface area contributed by atoms with Crippen LogP contribution in [0.2, 0.25) is 5.02 Å². The summed E-state index contributed by atoms with van der Waals surface area (Å²) in [7, 11) is 1.30. The minimum absolute atomic E-state index is 0.0368. The minimum Gasteiger partial charge on any atom is -0.465 e. The lowest BCUT2D eigenvalue weighted by molar-refractivity contribution is -0.129. The van der Waals surface area contributed by atoms with Gasteiger partial charge < -0.3 is 20.3 Å². The van der Waals surface area contributed by atoms with Crippen molar-refractivity contribution in [2.24, 2.45) is 0 Å². The fraction of sp³-hybridized carbons (Fsp3) is 0.259. The van der Waals surface area contributed by atoms with Crippen molar-refractivity contribution in [2.45, 2.75) is 37.0 Å². The number of ether oxygens (including phenoxy) is 1. The SMILES string of the molecule is COC(=O)c1c(NC(=O)C(C)Sc2cccc(NC(=O)c3cccc(Cl)c3)c2)sc2c1CCN(C(C)=O)C2. The van der Waals surface area contributed by atoms with E-state index in [9.17, 15) is 19.2 Å². The molecule has 0 spiro atoms. The van der Waals surface area contributed by atoms with Gasteiger partial charge in [0.1, 0.15) is 5.00 Å². The monoisotopic (exact) mass is 571 g/mol. The van der Waals surface area contributed by atoms with Gasteiger partial charge in [-0.1, -0.05) is 23.7 Å². The van der Waals surface area contributed by atoms with Gasteiger partial charge in [-0.15, -0.1) is 23.1 Å².